The normalized spacial score (nSPS) is 15.2. The Bertz CT molecular complexity index is 1380. The zero-order valence-electron chi connectivity index (χ0n) is 19.3. The number of hydrogen-bond donors (Lipinski definition) is 2. The predicted octanol–water partition coefficient (Wildman–Crippen LogP) is 6.33. The third-order valence-electron chi connectivity index (χ3n) is 4.91. The highest BCUT2D eigenvalue weighted by molar-refractivity contribution is 9.10. The monoisotopic (exact) mass is 585 g/mol. The van der Waals surface area contributed by atoms with Crippen LogP contribution in [0.5, 0.6) is 11.5 Å². The highest BCUT2D eigenvalue weighted by atomic mass is 79.9. The minimum Gasteiger partial charge on any atom is -0.493 e. The zero-order valence-corrected chi connectivity index (χ0v) is 22.5. The van der Waals surface area contributed by atoms with Crippen molar-refractivity contribution in [3.05, 3.63) is 86.2 Å². The van der Waals surface area contributed by atoms with Gasteiger partial charge in [0.15, 0.2) is 23.3 Å². The maximum absolute atomic E-state index is 12.5. The van der Waals surface area contributed by atoms with Crippen molar-refractivity contribution in [2.45, 2.75) is 6.92 Å². The lowest BCUT2D eigenvalue weighted by Gasteiger charge is -2.14. The lowest BCUT2D eigenvalue weighted by molar-refractivity contribution is -0.118. The van der Waals surface area contributed by atoms with Crippen molar-refractivity contribution in [2.75, 3.05) is 19.0 Å². The van der Waals surface area contributed by atoms with E-state index in [-0.39, 0.29) is 18.4 Å². The Morgan fingerprint density at radius 1 is 1.19 bits per heavy atom. The number of methoxy groups -OCH3 is 1. The Balaban J connectivity index is 1.46. The van der Waals surface area contributed by atoms with Crippen molar-refractivity contribution in [3.8, 4) is 11.5 Å². The fourth-order valence-electron chi connectivity index (χ4n) is 3.29. The number of aryl methyl sites for hydroxylation is 1. The number of nitrogens with zero attached hydrogens (tertiary/aromatic N) is 1. The molecule has 184 valence electrons. The molecule has 1 aliphatic rings. The number of carbonyl (C=O) groups excluding carboxylic acids is 2. The van der Waals surface area contributed by atoms with Gasteiger partial charge in [0, 0.05) is 10.7 Å². The summed E-state index contributed by atoms with van der Waals surface area (Å²) in [4.78, 5) is 29.7. The summed E-state index contributed by atoms with van der Waals surface area (Å²) in [5.41, 5.74) is 3.13. The summed E-state index contributed by atoms with van der Waals surface area (Å²) in [6, 6.07) is 18.0. The SMILES string of the molecule is COc1cc(/C=C2\SC(=Nc3ccc(Cl)cc3)NC2=O)cc(Br)c1OCC(=O)Nc1cccc(C)c1. The molecule has 2 amide bonds. The molecule has 1 heterocycles. The third kappa shape index (κ3) is 6.69. The first-order valence-corrected chi connectivity index (χ1v) is 12.7. The molecule has 2 N–H and O–H groups in total. The number of benzene rings is 3. The number of amides is 2. The zero-order chi connectivity index (χ0) is 25.7. The maximum Gasteiger partial charge on any atom is 0.264 e. The number of ether oxygens (including phenoxy) is 2. The minimum atomic E-state index is -0.299. The largest absolute Gasteiger partial charge is 0.493 e. The average Bonchev–Trinajstić information content (AvgIpc) is 3.17. The van der Waals surface area contributed by atoms with E-state index in [1.165, 1.54) is 18.9 Å². The van der Waals surface area contributed by atoms with Crippen molar-refractivity contribution in [2.24, 2.45) is 4.99 Å². The van der Waals surface area contributed by atoms with E-state index < -0.39 is 0 Å². The lowest BCUT2D eigenvalue weighted by Crippen LogP contribution is -2.20. The first-order valence-electron chi connectivity index (χ1n) is 10.7. The van der Waals surface area contributed by atoms with E-state index in [4.69, 9.17) is 21.1 Å². The molecule has 7 nitrogen and oxygen atoms in total. The van der Waals surface area contributed by atoms with Crippen LogP contribution in [0.25, 0.3) is 6.08 Å². The molecule has 0 saturated carbocycles. The van der Waals surface area contributed by atoms with Gasteiger partial charge >= 0.3 is 0 Å². The van der Waals surface area contributed by atoms with Crippen LogP contribution in [0.2, 0.25) is 5.02 Å². The van der Waals surface area contributed by atoms with Gasteiger partial charge in [-0.05, 0) is 100 Å². The molecule has 0 radical (unpaired) electrons. The smallest absolute Gasteiger partial charge is 0.264 e. The van der Waals surface area contributed by atoms with Crippen molar-refractivity contribution in [3.63, 3.8) is 0 Å². The third-order valence-corrected chi connectivity index (χ3v) is 6.66. The standard InChI is InChI=1S/C26H21BrClN3O4S/c1-15-4-3-5-19(10-15)29-23(32)14-35-24-20(27)11-16(12-21(24)34-2)13-22-25(33)31-26(36-22)30-18-8-6-17(28)7-9-18/h3-13H,14H2,1-2H3,(H,29,32)(H,30,31,33)/b22-13-. The van der Waals surface area contributed by atoms with Crippen LogP contribution in [0.3, 0.4) is 0 Å². The van der Waals surface area contributed by atoms with Crippen LogP contribution in [0.1, 0.15) is 11.1 Å². The number of aliphatic imine (C=N–C) groups is 1. The number of nitrogens with one attached hydrogen (secondary N) is 2. The molecular weight excluding hydrogens is 566 g/mol. The van der Waals surface area contributed by atoms with Gasteiger partial charge in [0.05, 0.1) is 22.2 Å². The van der Waals surface area contributed by atoms with E-state index in [1.54, 1.807) is 42.5 Å². The van der Waals surface area contributed by atoms with Gasteiger partial charge in [0.25, 0.3) is 11.8 Å². The first kappa shape index (κ1) is 25.8. The Kier molecular flexibility index (Phi) is 8.35. The molecule has 1 saturated heterocycles. The summed E-state index contributed by atoms with van der Waals surface area (Å²) in [6.07, 6.45) is 1.73. The molecule has 0 aliphatic carbocycles. The summed E-state index contributed by atoms with van der Waals surface area (Å²) in [7, 11) is 1.51. The van der Waals surface area contributed by atoms with Gasteiger partial charge in [0.1, 0.15) is 0 Å². The van der Waals surface area contributed by atoms with Gasteiger partial charge in [-0.15, -0.1) is 0 Å². The van der Waals surface area contributed by atoms with Crippen molar-refractivity contribution in [1.82, 2.24) is 5.32 Å². The molecular formula is C26H21BrClN3O4S. The van der Waals surface area contributed by atoms with Gasteiger partial charge in [0.2, 0.25) is 0 Å². The predicted molar refractivity (Wildman–Crippen MR) is 148 cm³/mol. The molecule has 3 aromatic carbocycles. The van der Waals surface area contributed by atoms with E-state index in [0.717, 1.165) is 5.56 Å². The van der Waals surface area contributed by atoms with Gasteiger partial charge in [-0.2, -0.15) is 0 Å². The van der Waals surface area contributed by atoms with Gasteiger partial charge in [-0.3, -0.25) is 9.59 Å². The second-order valence-electron chi connectivity index (χ2n) is 7.70. The Morgan fingerprint density at radius 3 is 2.69 bits per heavy atom. The van der Waals surface area contributed by atoms with Crippen LogP contribution >= 0.6 is 39.3 Å². The second-order valence-corrected chi connectivity index (χ2v) is 10.0. The molecule has 0 atom stereocenters. The lowest BCUT2D eigenvalue weighted by atomic mass is 10.2. The molecule has 10 heteroatoms. The number of halogens is 2. The molecule has 0 unspecified atom stereocenters. The van der Waals surface area contributed by atoms with E-state index in [1.807, 2.05) is 31.2 Å². The summed E-state index contributed by atoms with van der Waals surface area (Å²) in [6.45, 7) is 1.75. The molecule has 3 aromatic rings. The molecule has 1 fully saturated rings. The fourth-order valence-corrected chi connectivity index (χ4v) is 4.83. The summed E-state index contributed by atoms with van der Waals surface area (Å²) in [5.74, 6) is 0.244. The summed E-state index contributed by atoms with van der Waals surface area (Å²) in [5, 5.41) is 6.65. The Hall–Kier alpha value is -3.27. The van der Waals surface area contributed by atoms with E-state index >= 15 is 0 Å². The van der Waals surface area contributed by atoms with E-state index in [9.17, 15) is 9.59 Å². The van der Waals surface area contributed by atoms with Crippen LogP contribution in [0.15, 0.2) is 75.0 Å². The number of amidine groups is 1. The molecule has 0 aromatic heterocycles. The van der Waals surface area contributed by atoms with E-state index in [2.05, 4.69) is 31.6 Å². The van der Waals surface area contributed by atoms with E-state index in [0.29, 0.717) is 48.0 Å². The summed E-state index contributed by atoms with van der Waals surface area (Å²) >= 11 is 10.6. The first-order chi connectivity index (χ1) is 17.3. The van der Waals surface area contributed by atoms with Crippen LogP contribution in [0.4, 0.5) is 11.4 Å². The van der Waals surface area contributed by atoms with Gasteiger partial charge < -0.3 is 20.1 Å². The number of hydrogen-bond acceptors (Lipinski definition) is 6. The van der Waals surface area contributed by atoms with Crippen molar-refractivity contribution < 1.29 is 19.1 Å². The maximum atomic E-state index is 12.5. The summed E-state index contributed by atoms with van der Waals surface area (Å²) < 4.78 is 11.8. The van der Waals surface area contributed by atoms with Gasteiger partial charge in [-0.1, -0.05) is 23.7 Å². The number of rotatable bonds is 7. The topological polar surface area (TPSA) is 89.0 Å². The minimum absolute atomic E-state index is 0.202. The van der Waals surface area contributed by atoms with Gasteiger partial charge in [-0.25, -0.2) is 4.99 Å². The molecule has 36 heavy (non-hydrogen) atoms. The van der Waals surface area contributed by atoms with Crippen LogP contribution in [0, 0.1) is 6.92 Å². The second kappa shape index (κ2) is 11.6. The number of thioether (sulfide) groups is 1. The average molecular weight is 587 g/mol. The highest BCUT2D eigenvalue weighted by Crippen LogP contribution is 2.38. The number of carbonyl (C=O) groups is 2. The quantitative estimate of drug-likeness (QED) is 0.316. The fraction of sp³-hybridized carbons (Fsp3) is 0.115. The number of anilines is 1. The molecule has 4 rings (SSSR count). The van der Waals surface area contributed by atoms with Crippen LogP contribution in [-0.4, -0.2) is 30.7 Å². The van der Waals surface area contributed by atoms with Crippen molar-refractivity contribution >= 4 is 73.7 Å². The van der Waals surface area contributed by atoms with Crippen LogP contribution < -0.4 is 20.1 Å². The Labute approximate surface area is 226 Å². The molecule has 1 aliphatic heterocycles. The molecule has 0 bridgehead atoms. The molecule has 0 spiro atoms. The highest BCUT2D eigenvalue weighted by Gasteiger charge is 2.24. The Morgan fingerprint density at radius 2 is 1.97 bits per heavy atom. The van der Waals surface area contributed by atoms with Crippen molar-refractivity contribution in [1.29, 1.82) is 0 Å². The van der Waals surface area contributed by atoms with Crippen LogP contribution in [-0.2, 0) is 9.59 Å².